The highest BCUT2D eigenvalue weighted by molar-refractivity contribution is 7.16. The Hall–Kier alpha value is -2.85. The number of fused-ring (bicyclic) bond motifs is 1. The van der Waals surface area contributed by atoms with Crippen LogP contribution in [0.25, 0.3) is 10.3 Å². The Morgan fingerprint density at radius 3 is 2.30 bits per heavy atom. The van der Waals surface area contributed by atoms with Gasteiger partial charge in [0.15, 0.2) is 5.65 Å². The zero-order valence-electron chi connectivity index (χ0n) is 21.8. The second-order valence-corrected chi connectivity index (χ2v) is 15.8. The Bertz CT molecular complexity index is 1380. The van der Waals surface area contributed by atoms with Crippen LogP contribution in [-0.2, 0) is 9.16 Å². The maximum Gasteiger partial charge on any atom is 0.311 e. The molecule has 0 bridgehead atoms. The summed E-state index contributed by atoms with van der Waals surface area (Å²) in [4.78, 5) is 21.1. The van der Waals surface area contributed by atoms with Gasteiger partial charge in [0, 0.05) is 0 Å². The molecule has 1 aliphatic rings. The molecule has 194 valence electrons. The molecular formula is C28H34N4O3SSi. The summed E-state index contributed by atoms with van der Waals surface area (Å²) in [6.45, 7) is 9.00. The number of ether oxygens (including phenoxy) is 1. The third kappa shape index (κ3) is 4.65. The fraction of sp³-hybridized carbons (Fsp3) is 0.393. The molecule has 0 saturated carbocycles. The van der Waals surface area contributed by atoms with Gasteiger partial charge >= 0.3 is 4.87 Å². The molecule has 2 aromatic carbocycles. The Morgan fingerprint density at radius 1 is 1.11 bits per heavy atom. The lowest BCUT2D eigenvalue weighted by atomic mass is 10.1. The van der Waals surface area contributed by atoms with Crippen LogP contribution in [0.5, 0.6) is 0 Å². The maximum absolute atomic E-state index is 12.9. The second-order valence-electron chi connectivity index (χ2n) is 10.6. The van der Waals surface area contributed by atoms with Gasteiger partial charge in [-0.25, -0.2) is 4.98 Å². The first-order chi connectivity index (χ1) is 17.7. The molecule has 1 unspecified atom stereocenters. The minimum Gasteiger partial charge on any atom is -0.402 e. The van der Waals surface area contributed by atoms with Crippen LogP contribution >= 0.6 is 11.3 Å². The van der Waals surface area contributed by atoms with Crippen molar-refractivity contribution in [3.63, 3.8) is 0 Å². The van der Waals surface area contributed by atoms with Crippen molar-refractivity contribution in [3.8, 4) is 0 Å². The number of anilines is 1. The molecule has 5 rings (SSSR count). The Morgan fingerprint density at radius 2 is 1.73 bits per heavy atom. The van der Waals surface area contributed by atoms with Gasteiger partial charge in [-0.3, -0.25) is 9.36 Å². The lowest BCUT2D eigenvalue weighted by Gasteiger charge is -2.46. The molecule has 3 atom stereocenters. The van der Waals surface area contributed by atoms with Gasteiger partial charge in [-0.2, -0.15) is 4.98 Å². The third-order valence-electron chi connectivity index (χ3n) is 7.26. The molecule has 1 saturated heterocycles. The maximum atomic E-state index is 12.9. The summed E-state index contributed by atoms with van der Waals surface area (Å²) >= 11 is 1.12. The second kappa shape index (κ2) is 10.1. The van der Waals surface area contributed by atoms with Gasteiger partial charge in [-0.15, -0.1) is 0 Å². The number of benzene rings is 2. The van der Waals surface area contributed by atoms with E-state index in [1.165, 1.54) is 10.4 Å². The van der Waals surface area contributed by atoms with E-state index in [2.05, 4.69) is 98.3 Å². The van der Waals surface area contributed by atoms with E-state index in [0.29, 0.717) is 16.8 Å². The molecule has 9 heteroatoms. The minimum atomic E-state index is -2.73. The minimum absolute atomic E-state index is 0.110. The lowest BCUT2D eigenvalue weighted by molar-refractivity contribution is -0.0534. The standard InChI is InChI=1S/C28H34N4O3SSi/c1-5-21(22-16-17-24(34-22)32-25-23(36-27(32)33)18-30-26(29)31-25)35-37(28(2,3)4,19-12-8-6-9-13-19)20-14-10-7-11-15-20/h6-15,18,21-22,24H,5,16-17H2,1-4H3,(H2,29,30,31)/t21?,22-,24+/m0/s1. The smallest absolute Gasteiger partial charge is 0.311 e. The summed E-state index contributed by atoms with van der Waals surface area (Å²) in [7, 11) is -2.73. The highest BCUT2D eigenvalue weighted by Gasteiger charge is 2.52. The van der Waals surface area contributed by atoms with Crippen molar-refractivity contribution < 1.29 is 9.16 Å². The van der Waals surface area contributed by atoms with Crippen molar-refractivity contribution in [1.29, 1.82) is 0 Å². The van der Waals surface area contributed by atoms with Crippen LogP contribution in [-0.4, -0.2) is 35.1 Å². The SMILES string of the molecule is CCC(O[Si](c1ccccc1)(c1ccccc1)C(C)(C)C)[C@@H]1CC[C@H](n2c(=O)sc3cnc(N)nc32)O1. The number of nitrogen functional groups attached to an aromatic ring is 1. The van der Waals surface area contributed by atoms with Gasteiger partial charge in [0.25, 0.3) is 8.32 Å². The topological polar surface area (TPSA) is 92.3 Å². The van der Waals surface area contributed by atoms with Crippen LogP contribution in [0, 0.1) is 0 Å². The number of thiazole rings is 1. The van der Waals surface area contributed by atoms with Crippen LogP contribution < -0.4 is 21.0 Å². The predicted molar refractivity (Wildman–Crippen MR) is 152 cm³/mol. The van der Waals surface area contributed by atoms with Crippen molar-refractivity contribution in [1.82, 2.24) is 14.5 Å². The zero-order chi connectivity index (χ0) is 26.2. The average Bonchev–Trinajstić information content (AvgIpc) is 3.48. The molecule has 0 aliphatic carbocycles. The summed E-state index contributed by atoms with van der Waals surface area (Å²) in [5.74, 6) is 0.148. The van der Waals surface area contributed by atoms with E-state index in [9.17, 15) is 4.79 Å². The van der Waals surface area contributed by atoms with Crippen LogP contribution in [0.15, 0.2) is 71.7 Å². The highest BCUT2D eigenvalue weighted by Crippen LogP contribution is 2.40. The molecular weight excluding hydrogens is 500 g/mol. The zero-order valence-corrected chi connectivity index (χ0v) is 23.6. The van der Waals surface area contributed by atoms with Gasteiger partial charge in [0.1, 0.15) is 6.23 Å². The first-order valence-corrected chi connectivity index (χ1v) is 15.5. The lowest BCUT2D eigenvalue weighted by Crippen LogP contribution is -2.68. The highest BCUT2D eigenvalue weighted by atomic mass is 32.1. The summed E-state index contributed by atoms with van der Waals surface area (Å²) in [6, 6.07) is 21.3. The molecule has 1 aliphatic heterocycles. The molecule has 4 aromatic rings. The Balaban J connectivity index is 1.51. The fourth-order valence-corrected chi connectivity index (χ4v) is 11.2. The first kappa shape index (κ1) is 25.8. The Labute approximate surface area is 222 Å². The van der Waals surface area contributed by atoms with E-state index in [1.807, 2.05) is 0 Å². The van der Waals surface area contributed by atoms with E-state index in [-0.39, 0.29) is 28.1 Å². The molecule has 1 fully saturated rings. The Kier molecular flexibility index (Phi) is 7.06. The summed E-state index contributed by atoms with van der Waals surface area (Å²) in [5.41, 5.74) is 6.37. The normalized spacial score (nSPS) is 19.4. The van der Waals surface area contributed by atoms with E-state index >= 15 is 0 Å². The van der Waals surface area contributed by atoms with Crippen molar-refractivity contribution in [2.45, 2.75) is 70.4 Å². The van der Waals surface area contributed by atoms with Gasteiger partial charge < -0.3 is 14.9 Å². The van der Waals surface area contributed by atoms with E-state index in [0.717, 1.165) is 24.2 Å². The van der Waals surface area contributed by atoms with Gasteiger partial charge in [0.2, 0.25) is 5.95 Å². The summed E-state index contributed by atoms with van der Waals surface area (Å²) in [5, 5.41) is 2.36. The predicted octanol–water partition coefficient (Wildman–Crippen LogP) is 4.47. The average molecular weight is 535 g/mol. The van der Waals surface area contributed by atoms with Crippen molar-refractivity contribution in [3.05, 3.63) is 76.5 Å². The monoisotopic (exact) mass is 534 g/mol. The summed E-state index contributed by atoms with van der Waals surface area (Å²) in [6.07, 6.45) is 3.24. The molecule has 37 heavy (non-hydrogen) atoms. The van der Waals surface area contributed by atoms with E-state index in [1.54, 1.807) is 10.8 Å². The quantitative estimate of drug-likeness (QED) is 0.352. The fourth-order valence-electron chi connectivity index (χ4n) is 5.55. The number of hydrogen-bond donors (Lipinski definition) is 1. The number of nitrogens with zero attached hydrogens (tertiary/aromatic N) is 3. The van der Waals surface area contributed by atoms with Gasteiger partial charge in [-0.1, -0.05) is 99.7 Å². The van der Waals surface area contributed by atoms with Crippen LogP contribution in [0.1, 0.15) is 53.2 Å². The van der Waals surface area contributed by atoms with Crippen LogP contribution in [0.3, 0.4) is 0 Å². The van der Waals surface area contributed by atoms with Crippen LogP contribution in [0.2, 0.25) is 5.04 Å². The van der Waals surface area contributed by atoms with Crippen LogP contribution in [0.4, 0.5) is 5.95 Å². The number of aromatic nitrogens is 3. The van der Waals surface area contributed by atoms with Gasteiger partial charge in [-0.05, 0) is 34.7 Å². The molecule has 3 heterocycles. The number of hydrogen-bond acceptors (Lipinski definition) is 7. The molecule has 2 N–H and O–H groups in total. The van der Waals surface area contributed by atoms with Crippen molar-refractivity contribution >= 4 is 46.3 Å². The molecule has 7 nitrogen and oxygen atoms in total. The van der Waals surface area contributed by atoms with Gasteiger partial charge in [0.05, 0.1) is 23.1 Å². The third-order valence-corrected chi connectivity index (χ3v) is 13.2. The first-order valence-electron chi connectivity index (χ1n) is 12.8. The van der Waals surface area contributed by atoms with E-state index in [4.69, 9.17) is 14.9 Å². The molecule has 0 amide bonds. The van der Waals surface area contributed by atoms with Crippen molar-refractivity contribution in [2.24, 2.45) is 0 Å². The molecule has 0 spiro atoms. The molecule has 0 radical (unpaired) electrons. The molecule has 2 aromatic heterocycles. The van der Waals surface area contributed by atoms with Crippen molar-refractivity contribution in [2.75, 3.05) is 5.73 Å². The number of rotatable bonds is 7. The largest absolute Gasteiger partial charge is 0.402 e. The summed E-state index contributed by atoms with van der Waals surface area (Å²) < 4.78 is 16.3. The number of nitrogens with two attached hydrogens (primary N) is 1. The van der Waals surface area contributed by atoms with E-state index < -0.39 is 14.5 Å².